The fourth-order valence-corrected chi connectivity index (χ4v) is 4.45. The second-order valence-electron chi connectivity index (χ2n) is 9.19. The first-order valence-electron chi connectivity index (χ1n) is 12.0. The lowest BCUT2D eigenvalue weighted by molar-refractivity contribution is -0.385. The van der Waals surface area contributed by atoms with Gasteiger partial charge in [0.15, 0.2) is 5.60 Å². The zero-order valence-corrected chi connectivity index (χ0v) is 20.7. The molecule has 3 N–H and O–H groups in total. The van der Waals surface area contributed by atoms with Gasteiger partial charge in [0.2, 0.25) is 5.91 Å². The van der Waals surface area contributed by atoms with Crippen LogP contribution in [0.5, 0.6) is 0 Å². The number of nitrogens with one attached hydrogen (secondary N) is 1. The van der Waals surface area contributed by atoms with E-state index in [1.54, 1.807) is 66.7 Å². The maximum absolute atomic E-state index is 13.9. The van der Waals surface area contributed by atoms with Crippen LogP contribution in [0.3, 0.4) is 0 Å². The maximum Gasteiger partial charge on any atom is 0.421 e. The number of rotatable bonds is 8. The Bertz CT molecular complexity index is 1490. The van der Waals surface area contributed by atoms with Crippen molar-refractivity contribution in [3.05, 3.63) is 118 Å². The summed E-state index contributed by atoms with van der Waals surface area (Å²) in [5.41, 5.74) is -2.21. The molecular formula is C29H23F3N2O6. The molecule has 8 nitrogen and oxygen atoms in total. The predicted molar refractivity (Wildman–Crippen MR) is 140 cm³/mol. The molecule has 3 unspecified atom stereocenters. The highest BCUT2D eigenvalue weighted by molar-refractivity contribution is 5.91. The predicted octanol–water partition coefficient (Wildman–Crippen LogP) is 4.94. The fraction of sp³-hybridized carbons (Fsp3) is 0.172. The number of allylic oxidation sites excluding steroid dienone is 2. The van der Waals surface area contributed by atoms with E-state index in [-0.39, 0.29) is 11.1 Å². The third-order valence-electron chi connectivity index (χ3n) is 6.61. The highest BCUT2D eigenvalue weighted by atomic mass is 19.4. The maximum atomic E-state index is 13.9. The zero-order valence-electron chi connectivity index (χ0n) is 20.7. The fourth-order valence-electron chi connectivity index (χ4n) is 4.45. The molecule has 1 amide bonds. The van der Waals surface area contributed by atoms with Gasteiger partial charge in [-0.05, 0) is 28.3 Å². The Morgan fingerprint density at radius 3 is 2.12 bits per heavy atom. The number of aliphatic hydroxyl groups is 1. The zero-order chi connectivity index (χ0) is 29.1. The summed E-state index contributed by atoms with van der Waals surface area (Å²) < 4.78 is 41.8. The highest BCUT2D eigenvalue weighted by Gasteiger charge is 2.59. The number of nitrogens with zero attached hydrogens (tertiary/aromatic N) is 1. The van der Waals surface area contributed by atoms with Gasteiger partial charge >= 0.3 is 12.1 Å². The molecule has 1 aliphatic carbocycles. The summed E-state index contributed by atoms with van der Waals surface area (Å²) in [6, 6.07) is 19.2. The number of hydrogen-bond donors (Lipinski definition) is 3. The van der Waals surface area contributed by atoms with Gasteiger partial charge in [0.05, 0.1) is 10.8 Å². The van der Waals surface area contributed by atoms with Crippen LogP contribution in [0.4, 0.5) is 18.9 Å². The first kappa shape index (κ1) is 28.2. The average molecular weight is 553 g/mol. The van der Waals surface area contributed by atoms with E-state index < -0.39 is 52.6 Å². The number of carboxylic acid groups (broad SMARTS) is 1. The lowest BCUT2D eigenvalue weighted by Crippen LogP contribution is -2.57. The average Bonchev–Trinajstić information content (AvgIpc) is 2.93. The Hall–Kier alpha value is -4.77. The Kier molecular flexibility index (Phi) is 7.87. The number of carbonyl (C=O) groups is 2. The van der Waals surface area contributed by atoms with Crippen LogP contribution in [-0.2, 0) is 16.0 Å². The van der Waals surface area contributed by atoms with Gasteiger partial charge in [0.25, 0.3) is 5.69 Å². The first-order valence-corrected chi connectivity index (χ1v) is 12.0. The molecule has 0 bridgehead atoms. The lowest BCUT2D eigenvalue weighted by Gasteiger charge is -2.36. The summed E-state index contributed by atoms with van der Waals surface area (Å²) in [5, 5.41) is 34.1. The quantitative estimate of drug-likeness (QED) is 0.268. The van der Waals surface area contributed by atoms with Crippen molar-refractivity contribution >= 4 is 23.1 Å². The van der Waals surface area contributed by atoms with E-state index in [2.05, 4.69) is 0 Å². The van der Waals surface area contributed by atoms with Crippen LogP contribution < -0.4 is 5.32 Å². The molecular weight excluding hydrogens is 529 g/mol. The molecule has 11 heteroatoms. The number of aliphatic carboxylic acids is 1. The monoisotopic (exact) mass is 552 g/mol. The number of nitro benzene ring substituents is 1. The summed E-state index contributed by atoms with van der Waals surface area (Å²) >= 11 is 0. The van der Waals surface area contributed by atoms with Crippen molar-refractivity contribution in [2.75, 3.05) is 0 Å². The van der Waals surface area contributed by atoms with Gasteiger partial charge in [0.1, 0.15) is 6.04 Å². The van der Waals surface area contributed by atoms with Crippen LogP contribution in [0.25, 0.3) is 16.7 Å². The van der Waals surface area contributed by atoms with Gasteiger partial charge in [-0.3, -0.25) is 14.9 Å². The van der Waals surface area contributed by atoms with Crippen LogP contribution in [-0.4, -0.2) is 44.8 Å². The van der Waals surface area contributed by atoms with E-state index >= 15 is 0 Å². The molecule has 1 aliphatic rings. The Morgan fingerprint density at radius 1 is 0.975 bits per heavy atom. The van der Waals surface area contributed by atoms with Crippen molar-refractivity contribution in [3.8, 4) is 11.1 Å². The molecule has 3 aromatic rings. The number of nitro groups is 1. The summed E-state index contributed by atoms with van der Waals surface area (Å²) in [5.74, 6) is -5.26. The molecule has 0 saturated carbocycles. The van der Waals surface area contributed by atoms with Crippen LogP contribution in [0, 0.1) is 16.0 Å². The molecule has 0 fully saturated rings. The van der Waals surface area contributed by atoms with Crippen LogP contribution in [0.2, 0.25) is 0 Å². The number of amides is 1. The molecule has 0 saturated heterocycles. The molecule has 4 rings (SSSR count). The van der Waals surface area contributed by atoms with Gasteiger partial charge < -0.3 is 15.5 Å². The highest BCUT2D eigenvalue weighted by Crippen LogP contribution is 2.42. The molecule has 0 radical (unpaired) electrons. The third-order valence-corrected chi connectivity index (χ3v) is 6.61. The van der Waals surface area contributed by atoms with Gasteiger partial charge in [-0.15, -0.1) is 0 Å². The third kappa shape index (κ3) is 5.79. The van der Waals surface area contributed by atoms with E-state index in [4.69, 9.17) is 0 Å². The van der Waals surface area contributed by atoms with E-state index in [0.29, 0.717) is 22.8 Å². The Labute approximate surface area is 226 Å². The van der Waals surface area contributed by atoms with Crippen LogP contribution in [0.15, 0.2) is 97.1 Å². The Morgan fingerprint density at radius 2 is 1.57 bits per heavy atom. The number of alkyl halides is 3. The van der Waals surface area contributed by atoms with Crippen molar-refractivity contribution in [2.24, 2.45) is 5.92 Å². The number of hydrogen-bond acceptors (Lipinski definition) is 5. The number of benzene rings is 3. The topological polar surface area (TPSA) is 130 Å². The molecule has 3 atom stereocenters. The molecule has 0 heterocycles. The number of carboxylic acids is 1. The van der Waals surface area contributed by atoms with Crippen molar-refractivity contribution in [2.45, 2.75) is 24.2 Å². The second-order valence-corrected chi connectivity index (χ2v) is 9.19. The second kappa shape index (κ2) is 11.1. The largest absolute Gasteiger partial charge is 0.480 e. The molecule has 206 valence electrons. The summed E-state index contributed by atoms with van der Waals surface area (Å²) in [6.07, 6.45) is -3.43. The summed E-state index contributed by atoms with van der Waals surface area (Å²) in [7, 11) is 0. The van der Waals surface area contributed by atoms with E-state index in [1.807, 2.05) is 5.32 Å². The molecule has 3 aromatic carbocycles. The molecule has 40 heavy (non-hydrogen) atoms. The minimum atomic E-state index is -5.27. The van der Waals surface area contributed by atoms with Crippen molar-refractivity contribution in [1.82, 2.24) is 5.32 Å². The summed E-state index contributed by atoms with van der Waals surface area (Å²) in [6.45, 7) is 0. The van der Waals surface area contributed by atoms with Gasteiger partial charge in [-0.1, -0.05) is 84.9 Å². The SMILES string of the molecule is O=C(O)C(Cc1ccc(-c2ccccc2)cc1[N+](=O)[O-])NC(=O)C1C=C(c2ccccc2)C=CC1(O)C(F)(F)F. The normalized spacial score (nSPS) is 19.4. The van der Waals surface area contributed by atoms with Gasteiger partial charge in [-0.25, -0.2) is 4.79 Å². The summed E-state index contributed by atoms with van der Waals surface area (Å²) in [4.78, 5) is 36.3. The molecule has 0 spiro atoms. The van der Waals surface area contributed by atoms with E-state index in [0.717, 1.165) is 12.2 Å². The smallest absolute Gasteiger partial charge is 0.421 e. The first-order chi connectivity index (χ1) is 18.9. The molecule has 0 aliphatic heterocycles. The standard InChI is InChI=1S/C29H23F3N2O6/c30-29(31,32)28(38)14-13-21(19-9-5-2-6-10-19)15-23(28)26(35)33-24(27(36)37)16-22-12-11-20(17-25(22)34(39)40)18-7-3-1-4-8-18/h1-15,17,23-24,38H,16H2,(H,33,35)(H,36,37). The van der Waals surface area contributed by atoms with Crippen molar-refractivity contribution < 1.29 is 37.9 Å². The van der Waals surface area contributed by atoms with Crippen molar-refractivity contribution in [1.29, 1.82) is 0 Å². The van der Waals surface area contributed by atoms with E-state index in [1.165, 1.54) is 12.1 Å². The lowest BCUT2D eigenvalue weighted by atomic mass is 9.79. The van der Waals surface area contributed by atoms with E-state index in [9.17, 15) is 43.1 Å². The minimum absolute atomic E-state index is 0.0486. The van der Waals surface area contributed by atoms with Gasteiger partial charge in [-0.2, -0.15) is 13.2 Å². The van der Waals surface area contributed by atoms with Crippen molar-refractivity contribution in [3.63, 3.8) is 0 Å². The van der Waals surface area contributed by atoms with Crippen LogP contribution in [0.1, 0.15) is 11.1 Å². The number of carbonyl (C=O) groups excluding carboxylic acids is 1. The molecule has 0 aromatic heterocycles. The van der Waals surface area contributed by atoms with Crippen LogP contribution >= 0.6 is 0 Å². The Balaban J connectivity index is 1.65. The minimum Gasteiger partial charge on any atom is -0.480 e. The van der Waals surface area contributed by atoms with Gasteiger partial charge in [0, 0.05) is 18.1 Å². The number of halogens is 3.